The van der Waals surface area contributed by atoms with Gasteiger partial charge < -0.3 is 14.5 Å². The van der Waals surface area contributed by atoms with Crippen LogP contribution in [0.1, 0.15) is 18.3 Å². The minimum Gasteiger partial charge on any atom is -0.478 e. The highest BCUT2D eigenvalue weighted by Gasteiger charge is 2.20. The first kappa shape index (κ1) is 16.0. The van der Waals surface area contributed by atoms with Gasteiger partial charge in [0.15, 0.2) is 0 Å². The Labute approximate surface area is 141 Å². The molecule has 24 heavy (non-hydrogen) atoms. The van der Waals surface area contributed by atoms with E-state index < -0.39 is 0 Å². The molecule has 0 bridgehead atoms. The largest absolute Gasteiger partial charge is 0.478 e. The lowest BCUT2D eigenvalue weighted by molar-refractivity contribution is 0.325. The van der Waals surface area contributed by atoms with Crippen LogP contribution in [0.2, 0.25) is 0 Å². The van der Waals surface area contributed by atoms with Gasteiger partial charge in [-0.1, -0.05) is 0 Å². The van der Waals surface area contributed by atoms with Crippen LogP contribution < -0.4 is 14.5 Å². The molecule has 1 saturated heterocycles. The van der Waals surface area contributed by atoms with Gasteiger partial charge >= 0.3 is 0 Å². The highest BCUT2D eigenvalue weighted by Crippen LogP contribution is 2.20. The number of pyridine rings is 1. The zero-order chi connectivity index (χ0) is 16.9. The summed E-state index contributed by atoms with van der Waals surface area (Å²) in [6, 6.07) is 7.58. The molecule has 0 atom stereocenters. The van der Waals surface area contributed by atoms with E-state index in [1.807, 2.05) is 32.0 Å². The maximum Gasteiger partial charge on any atom is 0.228 e. The van der Waals surface area contributed by atoms with Crippen molar-refractivity contribution in [3.05, 3.63) is 35.8 Å². The Balaban J connectivity index is 1.67. The number of anilines is 2. The predicted molar refractivity (Wildman–Crippen MR) is 91.3 cm³/mol. The summed E-state index contributed by atoms with van der Waals surface area (Å²) in [4.78, 5) is 17.6. The molecule has 0 aliphatic carbocycles. The van der Waals surface area contributed by atoms with E-state index in [0.29, 0.717) is 18.2 Å². The van der Waals surface area contributed by atoms with Crippen LogP contribution in [0.5, 0.6) is 5.88 Å². The lowest BCUT2D eigenvalue weighted by Gasteiger charge is -2.36. The first-order valence-corrected chi connectivity index (χ1v) is 8.04. The topological polar surface area (TPSA) is 78.2 Å². The Morgan fingerprint density at radius 2 is 1.92 bits per heavy atom. The van der Waals surface area contributed by atoms with Crippen LogP contribution in [-0.4, -0.2) is 47.7 Å². The van der Waals surface area contributed by atoms with Crippen LogP contribution in [0.25, 0.3) is 0 Å². The molecule has 3 heterocycles. The third kappa shape index (κ3) is 3.54. The first-order valence-electron chi connectivity index (χ1n) is 8.04. The van der Waals surface area contributed by atoms with E-state index in [1.54, 1.807) is 12.3 Å². The minimum absolute atomic E-state index is 0.439. The average Bonchev–Trinajstić information content (AvgIpc) is 2.62. The van der Waals surface area contributed by atoms with E-state index in [9.17, 15) is 0 Å². The summed E-state index contributed by atoms with van der Waals surface area (Å²) in [7, 11) is 0. The van der Waals surface area contributed by atoms with E-state index in [2.05, 4.69) is 24.8 Å². The van der Waals surface area contributed by atoms with Crippen molar-refractivity contribution in [1.29, 1.82) is 5.26 Å². The standard InChI is InChI=1S/C17H20N6O/c1-3-24-16-10-13(2)20-17(21-16)23-8-6-22(7-9-23)15-5-4-14(11-18)19-12-15/h4-5,10,12H,3,6-9H2,1-2H3. The molecule has 124 valence electrons. The Hall–Kier alpha value is -2.88. The molecule has 0 amide bonds. The highest BCUT2D eigenvalue weighted by molar-refractivity contribution is 5.48. The van der Waals surface area contributed by atoms with Crippen LogP contribution in [0.3, 0.4) is 0 Å². The maximum atomic E-state index is 8.83. The molecular formula is C17H20N6O. The van der Waals surface area contributed by atoms with Gasteiger partial charge in [-0.3, -0.25) is 0 Å². The van der Waals surface area contributed by atoms with Crippen molar-refractivity contribution >= 4 is 11.6 Å². The van der Waals surface area contributed by atoms with Gasteiger partial charge in [0.25, 0.3) is 0 Å². The van der Waals surface area contributed by atoms with Crippen molar-refractivity contribution in [2.24, 2.45) is 0 Å². The first-order chi connectivity index (χ1) is 11.7. The molecule has 7 heteroatoms. The predicted octanol–water partition coefficient (Wildman–Crippen LogP) is 1.78. The molecule has 0 radical (unpaired) electrons. The molecule has 0 saturated carbocycles. The summed E-state index contributed by atoms with van der Waals surface area (Å²) >= 11 is 0. The quantitative estimate of drug-likeness (QED) is 0.848. The van der Waals surface area contributed by atoms with Crippen molar-refractivity contribution in [2.75, 3.05) is 42.6 Å². The van der Waals surface area contributed by atoms with Crippen LogP contribution in [0, 0.1) is 18.3 Å². The minimum atomic E-state index is 0.439. The number of aryl methyl sites for hydroxylation is 1. The Bertz CT molecular complexity index is 732. The lowest BCUT2D eigenvalue weighted by Crippen LogP contribution is -2.47. The summed E-state index contributed by atoms with van der Waals surface area (Å²) in [6.45, 7) is 7.86. The summed E-state index contributed by atoms with van der Waals surface area (Å²) in [5.41, 5.74) is 2.38. The number of piperazine rings is 1. The summed E-state index contributed by atoms with van der Waals surface area (Å²) in [6.07, 6.45) is 1.75. The van der Waals surface area contributed by atoms with Crippen LogP contribution >= 0.6 is 0 Å². The molecular weight excluding hydrogens is 304 g/mol. The summed E-state index contributed by atoms with van der Waals surface area (Å²) in [5.74, 6) is 1.34. The summed E-state index contributed by atoms with van der Waals surface area (Å²) < 4.78 is 5.51. The van der Waals surface area contributed by atoms with Crippen LogP contribution in [0.15, 0.2) is 24.4 Å². The van der Waals surface area contributed by atoms with Gasteiger partial charge in [-0.2, -0.15) is 10.2 Å². The Morgan fingerprint density at radius 3 is 2.54 bits per heavy atom. The van der Waals surface area contributed by atoms with E-state index in [4.69, 9.17) is 10.00 Å². The lowest BCUT2D eigenvalue weighted by atomic mass is 10.2. The molecule has 2 aromatic heterocycles. The number of nitriles is 1. The van der Waals surface area contributed by atoms with Crippen molar-refractivity contribution in [3.8, 4) is 11.9 Å². The zero-order valence-electron chi connectivity index (χ0n) is 13.9. The second-order valence-electron chi connectivity index (χ2n) is 5.57. The number of nitrogens with zero attached hydrogens (tertiary/aromatic N) is 6. The second-order valence-corrected chi connectivity index (χ2v) is 5.57. The molecule has 1 fully saturated rings. The van der Waals surface area contributed by atoms with Gasteiger partial charge in [0, 0.05) is 37.9 Å². The molecule has 3 rings (SSSR count). The second kappa shape index (κ2) is 7.13. The molecule has 1 aliphatic heterocycles. The van der Waals surface area contributed by atoms with Crippen molar-refractivity contribution in [1.82, 2.24) is 15.0 Å². The van der Waals surface area contributed by atoms with E-state index >= 15 is 0 Å². The third-order valence-electron chi connectivity index (χ3n) is 3.90. The number of rotatable bonds is 4. The molecule has 1 aliphatic rings. The van der Waals surface area contributed by atoms with Crippen molar-refractivity contribution in [3.63, 3.8) is 0 Å². The van der Waals surface area contributed by atoms with Crippen LogP contribution in [0.4, 0.5) is 11.6 Å². The molecule has 0 spiro atoms. The van der Waals surface area contributed by atoms with Gasteiger partial charge in [-0.25, -0.2) is 9.97 Å². The fourth-order valence-electron chi connectivity index (χ4n) is 2.69. The van der Waals surface area contributed by atoms with Crippen molar-refractivity contribution < 1.29 is 4.74 Å². The molecule has 0 N–H and O–H groups in total. The fourth-order valence-corrected chi connectivity index (χ4v) is 2.69. The van der Waals surface area contributed by atoms with Crippen molar-refractivity contribution in [2.45, 2.75) is 13.8 Å². The molecule has 0 unspecified atom stereocenters. The SMILES string of the molecule is CCOc1cc(C)nc(N2CCN(c3ccc(C#N)nc3)CC2)n1. The molecule has 2 aromatic rings. The van der Waals surface area contributed by atoms with Gasteiger partial charge in [-0.15, -0.1) is 0 Å². The van der Waals surface area contributed by atoms with Gasteiger partial charge in [0.2, 0.25) is 11.8 Å². The number of hydrogen-bond acceptors (Lipinski definition) is 7. The maximum absolute atomic E-state index is 8.83. The van der Waals surface area contributed by atoms with Crippen LogP contribution in [-0.2, 0) is 0 Å². The van der Waals surface area contributed by atoms with E-state index in [-0.39, 0.29) is 0 Å². The summed E-state index contributed by atoms with van der Waals surface area (Å²) in [5, 5.41) is 8.83. The Kier molecular flexibility index (Phi) is 4.75. The van der Waals surface area contributed by atoms with Gasteiger partial charge in [0.05, 0.1) is 18.5 Å². The molecule has 0 aromatic carbocycles. The fraction of sp³-hybridized carbons (Fsp3) is 0.412. The van der Waals surface area contributed by atoms with Gasteiger partial charge in [0.1, 0.15) is 11.8 Å². The van der Waals surface area contributed by atoms with E-state index in [1.165, 1.54) is 0 Å². The van der Waals surface area contributed by atoms with Gasteiger partial charge in [-0.05, 0) is 26.0 Å². The normalized spacial score (nSPS) is 14.4. The molecule has 7 nitrogen and oxygen atoms in total. The smallest absolute Gasteiger partial charge is 0.228 e. The third-order valence-corrected chi connectivity index (χ3v) is 3.90. The average molecular weight is 324 g/mol. The number of aromatic nitrogens is 3. The monoisotopic (exact) mass is 324 g/mol. The zero-order valence-corrected chi connectivity index (χ0v) is 13.9. The number of ether oxygens (including phenoxy) is 1. The highest BCUT2D eigenvalue weighted by atomic mass is 16.5. The number of hydrogen-bond donors (Lipinski definition) is 0. The Morgan fingerprint density at radius 1 is 1.17 bits per heavy atom. The van der Waals surface area contributed by atoms with E-state index in [0.717, 1.165) is 43.5 Å².